The van der Waals surface area contributed by atoms with E-state index in [0.717, 1.165) is 0 Å². The van der Waals surface area contributed by atoms with Crippen LogP contribution in [-0.4, -0.2) is 37.9 Å². The topological polar surface area (TPSA) is 108 Å². The van der Waals surface area contributed by atoms with Crippen molar-refractivity contribution < 1.29 is 17.8 Å². The number of aliphatic imine (C=N–C) groups is 2. The van der Waals surface area contributed by atoms with Gasteiger partial charge in [0.15, 0.2) is 5.25 Å². The smallest absolute Gasteiger partial charge is 0.281 e. The lowest BCUT2D eigenvalue weighted by Gasteiger charge is -2.14. The van der Waals surface area contributed by atoms with Crippen molar-refractivity contribution in [2.24, 2.45) is 9.98 Å². The lowest BCUT2D eigenvalue weighted by Crippen LogP contribution is -2.27. The Morgan fingerprint density at radius 1 is 1.12 bits per heavy atom. The van der Waals surface area contributed by atoms with Crippen molar-refractivity contribution >= 4 is 39.8 Å². The van der Waals surface area contributed by atoms with Gasteiger partial charge in [-0.2, -0.15) is 8.42 Å². The van der Waals surface area contributed by atoms with Crippen molar-refractivity contribution in [2.45, 2.75) is 12.2 Å². The molecule has 0 saturated heterocycles. The first kappa shape index (κ1) is 19.5. The Balaban J connectivity index is 2.14. The number of nitrogens with zero attached hydrogens (tertiary/aromatic N) is 2. The zero-order valence-electron chi connectivity index (χ0n) is 14.1. The van der Waals surface area contributed by atoms with Crippen LogP contribution in [0.5, 0.6) is 0 Å². The second kappa shape index (κ2) is 9.02. The molecular weight excluding hydrogens is 354 g/mol. The first-order chi connectivity index (χ1) is 12.4. The molecule has 0 spiro atoms. The van der Waals surface area contributed by atoms with Gasteiger partial charge in [-0.25, -0.2) is 0 Å². The lowest BCUT2D eigenvalue weighted by molar-refractivity contribution is -0.116. The largest absolute Gasteiger partial charge is 0.325 e. The second-order valence-electron chi connectivity index (χ2n) is 5.27. The Labute approximate surface area is 152 Å². The number of anilines is 1. The van der Waals surface area contributed by atoms with Crippen LogP contribution in [0.15, 0.2) is 64.6 Å². The normalized spacial score (nSPS) is 13.2. The summed E-state index contributed by atoms with van der Waals surface area (Å²) in [6.45, 7) is 2.59. The van der Waals surface area contributed by atoms with E-state index in [2.05, 4.69) is 15.3 Å². The van der Waals surface area contributed by atoms with E-state index in [1.165, 1.54) is 12.1 Å². The summed E-state index contributed by atoms with van der Waals surface area (Å²) in [7, 11) is -4.61. The van der Waals surface area contributed by atoms with Crippen LogP contribution >= 0.6 is 0 Å². The van der Waals surface area contributed by atoms with Gasteiger partial charge in [0, 0.05) is 24.7 Å². The molecule has 2 rings (SSSR count). The van der Waals surface area contributed by atoms with Crippen LogP contribution in [0.25, 0.3) is 0 Å². The Bertz CT molecular complexity index is 892. The van der Waals surface area contributed by atoms with Crippen molar-refractivity contribution in [2.75, 3.05) is 11.9 Å². The van der Waals surface area contributed by atoms with E-state index < -0.39 is 21.3 Å². The molecule has 0 fully saturated rings. The van der Waals surface area contributed by atoms with Gasteiger partial charge in [-0.3, -0.25) is 19.3 Å². The third-order valence-corrected chi connectivity index (χ3v) is 4.43. The quantitative estimate of drug-likeness (QED) is 0.574. The van der Waals surface area contributed by atoms with E-state index in [0.29, 0.717) is 17.9 Å². The molecule has 0 aliphatic carbocycles. The number of hydrogen-bond donors (Lipinski definition) is 2. The molecular formula is C18H19N3O4S. The van der Waals surface area contributed by atoms with Gasteiger partial charge in [-0.05, 0) is 36.8 Å². The van der Waals surface area contributed by atoms with E-state index >= 15 is 0 Å². The second-order valence-corrected chi connectivity index (χ2v) is 6.77. The van der Waals surface area contributed by atoms with Gasteiger partial charge in [0.1, 0.15) is 0 Å². The molecule has 2 aromatic carbocycles. The molecule has 0 aliphatic heterocycles. The number of carbonyl (C=O) groups excluding carboxylic acids is 1. The summed E-state index contributed by atoms with van der Waals surface area (Å²) in [5.74, 6) is -0.843. The summed E-state index contributed by atoms with van der Waals surface area (Å²) in [6, 6.07) is 14.3. The van der Waals surface area contributed by atoms with Gasteiger partial charge in [0.25, 0.3) is 10.1 Å². The SMILES string of the molecule is CCN=CC=Nc1ccc(NC(=O)C(c2ccccc2)S(=O)(=O)O)cc1. The van der Waals surface area contributed by atoms with E-state index in [-0.39, 0.29) is 5.56 Å². The van der Waals surface area contributed by atoms with E-state index in [1.54, 1.807) is 54.9 Å². The molecule has 0 saturated carbocycles. The molecule has 1 atom stereocenters. The molecule has 0 bridgehead atoms. The average molecular weight is 373 g/mol. The van der Waals surface area contributed by atoms with Gasteiger partial charge in [0.2, 0.25) is 5.91 Å². The first-order valence-electron chi connectivity index (χ1n) is 7.86. The molecule has 0 aromatic heterocycles. The maximum atomic E-state index is 12.4. The Morgan fingerprint density at radius 3 is 2.35 bits per heavy atom. The van der Waals surface area contributed by atoms with Crippen LogP contribution in [0.1, 0.15) is 17.7 Å². The van der Waals surface area contributed by atoms with Crippen LogP contribution in [0, 0.1) is 0 Å². The van der Waals surface area contributed by atoms with Gasteiger partial charge in [0.05, 0.1) is 5.69 Å². The standard InChI is InChI=1S/C18H19N3O4S/c1-2-19-12-13-20-15-8-10-16(11-9-15)21-18(22)17(26(23,24)25)14-6-4-3-5-7-14/h3-13,17H,2H2,1H3,(H,21,22)(H,23,24,25). The van der Waals surface area contributed by atoms with Crippen molar-refractivity contribution in [3.05, 3.63) is 60.2 Å². The fourth-order valence-corrected chi connectivity index (χ4v) is 3.03. The zero-order chi connectivity index (χ0) is 19.0. The van der Waals surface area contributed by atoms with Crippen LogP contribution < -0.4 is 5.32 Å². The van der Waals surface area contributed by atoms with Gasteiger partial charge < -0.3 is 5.32 Å². The molecule has 0 aliphatic rings. The third kappa shape index (κ3) is 5.61. The fourth-order valence-electron chi connectivity index (χ4n) is 2.20. The van der Waals surface area contributed by atoms with Gasteiger partial charge in [-0.1, -0.05) is 30.3 Å². The number of hydrogen-bond acceptors (Lipinski definition) is 5. The summed E-state index contributed by atoms with van der Waals surface area (Å²) in [4.78, 5) is 20.6. The van der Waals surface area contributed by atoms with E-state index in [1.807, 2.05) is 6.92 Å². The van der Waals surface area contributed by atoms with Crippen LogP contribution in [0.4, 0.5) is 11.4 Å². The number of benzene rings is 2. The zero-order valence-corrected chi connectivity index (χ0v) is 14.9. The molecule has 2 aromatic rings. The summed E-state index contributed by atoms with van der Waals surface area (Å²) in [5, 5.41) is 0.792. The highest BCUT2D eigenvalue weighted by molar-refractivity contribution is 7.86. The molecule has 7 nitrogen and oxygen atoms in total. The first-order valence-corrected chi connectivity index (χ1v) is 9.37. The molecule has 2 N–H and O–H groups in total. The Hall–Kier alpha value is -2.84. The van der Waals surface area contributed by atoms with Crippen molar-refractivity contribution in [1.82, 2.24) is 0 Å². The highest BCUT2D eigenvalue weighted by atomic mass is 32.2. The number of rotatable bonds is 7. The maximum Gasteiger partial charge on any atom is 0.281 e. The molecule has 136 valence electrons. The monoisotopic (exact) mass is 373 g/mol. The highest BCUT2D eigenvalue weighted by Crippen LogP contribution is 2.24. The van der Waals surface area contributed by atoms with E-state index in [9.17, 15) is 17.8 Å². The third-order valence-electron chi connectivity index (χ3n) is 3.35. The summed E-state index contributed by atoms with van der Waals surface area (Å²) in [5.41, 5.74) is 1.23. The summed E-state index contributed by atoms with van der Waals surface area (Å²) in [6.07, 6.45) is 3.15. The van der Waals surface area contributed by atoms with Gasteiger partial charge in [-0.15, -0.1) is 0 Å². The number of amides is 1. The maximum absolute atomic E-state index is 12.4. The highest BCUT2D eigenvalue weighted by Gasteiger charge is 2.32. The van der Waals surface area contributed by atoms with Gasteiger partial charge >= 0.3 is 0 Å². The molecule has 1 unspecified atom stereocenters. The van der Waals surface area contributed by atoms with Crippen LogP contribution in [0.2, 0.25) is 0 Å². The predicted molar refractivity (Wildman–Crippen MR) is 103 cm³/mol. The van der Waals surface area contributed by atoms with Crippen LogP contribution in [0.3, 0.4) is 0 Å². The Morgan fingerprint density at radius 2 is 1.77 bits per heavy atom. The molecule has 1 amide bonds. The van der Waals surface area contributed by atoms with Crippen molar-refractivity contribution in [1.29, 1.82) is 0 Å². The number of carbonyl (C=O) groups is 1. The minimum atomic E-state index is -4.61. The molecule has 26 heavy (non-hydrogen) atoms. The number of nitrogens with one attached hydrogen (secondary N) is 1. The fraction of sp³-hybridized carbons (Fsp3) is 0.167. The van der Waals surface area contributed by atoms with Crippen LogP contribution in [-0.2, 0) is 14.9 Å². The molecule has 8 heteroatoms. The molecule has 0 radical (unpaired) electrons. The molecule has 0 heterocycles. The van der Waals surface area contributed by atoms with Crippen molar-refractivity contribution in [3.8, 4) is 0 Å². The predicted octanol–water partition coefficient (Wildman–Crippen LogP) is 3.05. The Kier molecular flexibility index (Phi) is 6.76. The minimum absolute atomic E-state index is 0.184. The minimum Gasteiger partial charge on any atom is -0.325 e. The van der Waals surface area contributed by atoms with E-state index in [4.69, 9.17) is 0 Å². The van der Waals surface area contributed by atoms with Crippen molar-refractivity contribution in [3.63, 3.8) is 0 Å². The summed E-state index contributed by atoms with van der Waals surface area (Å²) < 4.78 is 32.7. The average Bonchev–Trinajstić information content (AvgIpc) is 2.60. The lowest BCUT2D eigenvalue weighted by atomic mass is 10.1. The summed E-state index contributed by atoms with van der Waals surface area (Å²) >= 11 is 0.